The number of nitrogen functional groups attached to an aromatic ring is 1. The van der Waals surface area contributed by atoms with Gasteiger partial charge in [-0.25, -0.2) is 0 Å². The Labute approximate surface area is 113 Å². The molecule has 18 heavy (non-hydrogen) atoms. The van der Waals surface area contributed by atoms with Gasteiger partial charge in [0.15, 0.2) is 0 Å². The number of hydrogen-bond acceptors (Lipinski definition) is 4. The van der Waals surface area contributed by atoms with Crippen molar-refractivity contribution in [3.8, 4) is 6.07 Å². The van der Waals surface area contributed by atoms with Crippen LogP contribution >= 0.6 is 11.8 Å². The zero-order valence-electron chi connectivity index (χ0n) is 10.6. The minimum absolute atomic E-state index is 0.374. The molecule has 2 rings (SSSR count). The first-order valence-corrected chi connectivity index (χ1v) is 7.56. The zero-order chi connectivity index (χ0) is 13.0. The molecule has 2 unspecified atom stereocenters. The van der Waals surface area contributed by atoms with Crippen LogP contribution in [0.1, 0.15) is 24.8 Å². The van der Waals surface area contributed by atoms with Crippen molar-refractivity contribution in [1.82, 2.24) is 0 Å². The van der Waals surface area contributed by atoms with Gasteiger partial charge in [0.2, 0.25) is 0 Å². The first-order valence-electron chi connectivity index (χ1n) is 6.27. The molecule has 0 saturated heterocycles. The summed E-state index contributed by atoms with van der Waals surface area (Å²) in [6.45, 7) is 0. The Morgan fingerprint density at radius 2 is 2.33 bits per heavy atom. The average Bonchev–Trinajstić information content (AvgIpc) is 2.81. The van der Waals surface area contributed by atoms with Gasteiger partial charge in [-0.15, -0.1) is 0 Å². The third kappa shape index (κ3) is 3.11. The second-order valence-electron chi connectivity index (χ2n) is 4.76. The Kier molecular flexibility index (Phi) is 4.38. The maximum absolute atomic E-state index is 8.76. The number of thioether (sulfide) groups is 1. The largest absolute Gasteiger partial charge is 0.398 e. The topological polar surface area (TPSA) is 61.8 Å². The third-order valence-corrected chi connectivity index (χ3v) is 4.60. The quantitative estimate of drug-likeness (QED) is 0.818. The molecule has 1 fully saturated rings. The fraction of sp³-hybridized carbons (Fsp3) is 0.500. The zero-order valence-corrected chi connectivity index (χ0v) is 11.5. The molecule has 1 aliphatic rings. The molecule has 1 aromatic rings. The van der Waals surface area contributed by atoms with E-state index in [1.807, 2.05) is 30.0 Å². The molecule has 3 N–H and O–H groups in total. The molecular formula is C14H19N3S. The summed E-state index contributed by atoms with van der Waals surface area (Å²) in [5.74, 6) is 0. The molecule has 4 heteroatoms. The Balaban J connectivity index is 2.02. The van der Waals surface area contributed by atoms with Crippen LogP contribution in [-0.2, 0) is 6.42 Å². The minimum atomic E-state index is 0.374. The van der Waals surface area contributed by atoms with Gasteiger partial charge < -0.3 is 11.1 Å². The SMILES string of the molecule is CSC1CCC(Nc2ccc(N)c(CC#N)c2)C1. The molecule has 0 radical (unpaired) electrons. The molecule has 96 valence electrons. The highest BCUT2D eigenvalue weighted by molar-refractivity contribution is 7.99. The normalized spacial score (nSPS) is 22.7. The fourth-order valence-corrected chi connectivity index (χ4v) is 3.25. The van der Waals surface area contributed by atoms with E-state index in [2.05, 4.69) is 17.6 Å². The fourth-order valence-electron chi connectivity index (χ4n) is 2.45. The molecule has 0 amide bonds. The van der Waals surface area contributed by atoms with E-state index >= 15 is 0 Å². The Morgan fingerprint density at radius 1 is 1.50 bits per heavy atom. The Hall–Kier alpha value is -1.34. The molecule has 0 bridgehead atoms. The summed E-state index contributed by atoms with van der Waals surface area (Å²) < 4.78 is 0. The van der Waals surface area contributed by atoms with E-state index in [0.717, 1.165) is 16.5 Å². The lowest BCUT2D eigenvalue weighted by atomic mass is 10.1. The highest BCUT2D eigenvalue weighted by atomic mass is 32.2. The van der Waals surface area contributed by atoms with E-state index in [1.165, 1.54) is 19.3 Å². The number of anilines is 2. The maximum Gasteiger partial charge on any atom is 0.0670 e. The van der Waals surface area contributed by atoms with Crippen molar-refractivity contribution in [2.45, 2.75) is 37.0 Å². The van der Waals surface area contributed by atoms with Crippen LogP contribution in [0.15, 0.2) is 18.2 Å². The van der Waals surface area contributed by atoms with Crippen LogP contribution in [0.2, 0.25) is 0 Å². The highest BCUT2D eigenvalue weighted by Gasteiger charge is 2.23. The van der Waals surface area contributed by atoms with Crippen LogP contribution in [0.5, 0.6) is 0 Å². The predicted octanol–water partition coefficient (Wildman–Crippen LogP) is 3.03. The summed E-state index contributed by atoms with van der Waals surface area (Å²) in [5.41, 5.74) is 8.55. The van der Waals surface area contributed by atoms with Crippen molar-refractivity contribution in [3.05, 3.63) is 23.8 Å². The van der Waals surface area contributed by atoms with E-state index in [0.29, 0.717) is 18.2 Å². The van der Waals surface area contributed by atoms with Gasteiger partial charge in [0.05, 0.1) is 12.5 Å². The number of nitrogens with two attached hydrogens (primary N) is 1. The molecule has 3 nitrogen and oxygen atoms in total. The van der Waals surface area contributed by atoms with E-state index in [-0.39, 0.29) is 0 Å². The molecule has 0 aromatic heterocycles. The van der Waals surface area contributed by atoms with Gasteiger partial charge in [-0.05, 0) is 49.3 Å². The smallest absolute Gasteiger partial charge is 0.0670 e. The van der Waals surface area contributed by atoms with E-state index in [4.69, 9.17) is 11.0 Å². The Bertz CT molecular complexity index is 453. The first kappa shape index (κ1) is 13.1. The van der Waals surface area contributed by atoms with Crippen LogP contribution in [-0.4, -0.2) is 17.5 Å². The number of nitrogens with zero attached hydrogens (tertiary/aromatic N) is 1. The van der Waals surface area contributed by atoms with E-state index in [1.54, 1.807) is 0 Å². The molecule has 2 atom stereocenters. The van der Waals surface area contributed by atoms with Gasteiger partial charge >= 0.3 is 0 Å². The summed E-state index contributed by atoms with van der Waals surface area (Å²) in [5, 5.41) is 13.1. The third-order valence-electron chi connectivity index (χ3n) is 3.50. The summed E-state index contributed by atoms with van der Waals surface area (Å²) in [6, 6.07) is 8.60. The van der Waals surface area contributed by atoms with E-state index < -0.39 is 0 Å². The van der Waals surface area contributed by atoms with Gasteiger partial charge in [0, 0.05) is 22.7 Å². The van der Waals surface area contributed by atoms with Gasteiger partial charge in [0.1, 0.15) is 0 Å². The van der Waals surface area contributed by atoms with Gasteiger partial charge in [-0.2, -0.15) is 17.0 Å². The second kappa shape index (κ2) is 6.01. The van der Waals surface area contributed by atoms with Crippen molar-refractivity contribution in [2.75, 3.05) is 17.3 Å². The molecule has 1 aliphatic carbocycles. The lowest BCUT2D eigenvalue weighted by Gasteiger charge is -2.15. The monoisotopic (exact) mass is 261 g/mol. The maximum atomic E-state index is 8.76. The van der Waals surface area contributed by atoms with Gasteiger partial charge in [-0.3, -0.25) is 0 Å². The number of nitrogens with one attached hydrogen (secondary N) is 1. The van der Waals surface area contributed by atoms with Crippen LogP contribution in [0.4, 0.5) is 11.4 Å². The first-order chi connectivity index (χ1) is 8.72. The summed E-state index contributed by atoms with van der Waals surface area (Å²) in [4.78, 5) is 0. The highest BCUT2D eigenvalue weighted by Crippen LogP contribution is 2.30. The Morgan fingerprint density at radius 3 is 3.00 bits per heavy atom. The molecule has 0 spiro atoms. The molecule has 1 aromatic carbocycles. The van der Waals surface area contributed by atoms with E-state index in [9.17, 15) is 0 Å². The number of benzene rings is 1. The second-order valence-corrected chi connectivity index (χ2v) is 5.90. The standard InChI is InChI=1S/C14H19N3S/c1-18-13-4-2-12(9-13)17-11-3-5-14(16)10(8-11)6-7-15/h3,5,8,12-13,17H,2,4,6,9,16H2,1H3. The number of nitriles is 1. The van der Waals surface area contributed by atoms with Gasteiger partial charge in [-0.1, -0.05) is 0 Å². The summed E-state index contributed by atoms with van der Waals surface area (Å²) in [7, 11) is 0. The van der Waals surface area contributed by atoms with Crippen LogP contribution in [0.3, 0.4) is 0 Å². The minimum Gasteiger partial charge on any atom is -0.398 e. The van der Waals surface area contributed by atoms with Crippen molar-refractivity contribution in [3.63, 3.8) is 0 Å². The van der Waals surface area contributed by atoms with Gasteiger partial charge in [0.25, 0.3) is 0 Å². The number of rotatable bonds is 4. The lowest BCUT2D eigenvalue weighted by Crippen LogP contribution is -2.16. The molecule has 1 saturated carbocycles. The molecule has 0 heterocycles. The van der Waals surface area contributed by atoms with Crippen LogP contribution in [0, 0.1) is 11.3 Å². The molecular weight excluding hydrogens is 242 g/mol. The van der Waals surface area contributed by atoms with Crippen LogP contribution < -0.4 is 11.1 Å². The predicted molar refractivity (Wildman–Crippen MR) is 78.7 cm³/mol. The molecule has 0 aliphatic heterocycles. The van der Waals surface area contributed by atoms with Crippen molar-refractivity contribution in [1.29, 1.82) is 5.26 Å². The summed E-state index contributed by atoms with van der Waals surface area (Å²) in [6.07, 6.45) is 6.29. The number of hydrogen-bond donors (Lipinski definition) is 2. The average molecular weight is 261 g/mol. The van der Waals surface area contributed by atoms with Crippen molar-refractivity contribution < 1.29 is 0 Å². The van der Waals surface area contributed by atoms with Crippen molar-refractivity contribution >= 4 is 23.1 Å². The van der Waals surface area contributed by atoms with Crippen LogP contribution in [0.25, 0.3) is 0 Å². The lowest BCUT2D eigenvalue weighted by molar-refractivity contribution is 0.757. The summed E-state index contributed by atoms with van der Waals surface area (Å²) >= 11 is 1.96. The van der Waals surface area contributed by atoms with Crippen molar-refractivity contribution in [2.24, 2.45) is 0 Å².